The summed E-state index contributed by atoms with van der Waals surface area (Å²) in [4.78, 5) is 36.6. The van der Waals surface area contributed by atoms with Crippen molar-refractivity contribution in [1.82, 2.24) is 39.9 Å². The van der Waals surface area contributed by atoms with Crippen molar-refractivity contribution in [2.24, 2.45) is 43.3 Å². The molecule has 20 nitrogen and oxygen atoms in total. The van der Waals surface area contributed by atoms with Crippen LogP contribution in [0.15, 0.2) is 182 Å². The van der Waals surface area contributed by atoms with E-state index in [4.69, 9.17) is 18.9 Å². The van der Waals surface area contributed by atoms with Crippen molar-refractivity contribution in [2.75, 3.05) is 28.4 Å². The van der Waals surface area contributed by atoms with Gasteiger partial charge in [-0.1, -0.05) is 203 Å². The molecule has 8 heterocycles. The van der Waals surface area contributed by atoms with Crippen LogP contribution in [-0.4, -0.2) is 158 Å². The molecule has 8 aromatic heterocycles. The summed E-state index contributed by atoms with van der Waals surface area (Å²) in [6.07, 6.45) is 1.87. The monoisotopic (exact) mass is 2550 g/mol. The van der Waals surface area contributed by atoms with E-state index in [0.29, 0.717) is 25.7 Å². The minimum atomic E-state index is -0.443. The minimum absolute atomic E-state index is 0. The third-order valence-electron chi connectivity index (χ3n) is 22.8. The largest absolute Gasteiger partial charge is 0.497 e. The Hall–Kier alpha value is -7.40. The van der Waals surface area contributed by atoms with Gasteiger partial charge in [0.2, 0.25) is 0 Å². The number of fused-ring (bicyclic) bond motifs is 4. The molecule has 0 aliphatic carbocycles. The van der Waals surface area contributed by atoms with Crippen LogP contribution in [0.5, 0.6) is 23.0 Å². The molecule has 744 valence electrons. The van der Waals surface area contributed by atoms with Crippen molar-refractivity contribution in [2.45, 2.75) is 282 Å². The van der Waals surface area contributed by atoms with Gasteiger partial charge < -0.3 is 59.8 Å². The van der Waals surface area contributed by atoms with Crippen molar-refractivity contribution in [3.8, 4) is 68.5 Å². The summed E-state index contributed by atoms with van der Waals surface area (Å²) in [5, 5.41) is 82.3. The van der Waals surface area contributed by atoms with Gasteiger partial charge in [0.1, 0.15) is 23.0 Å². The maximum absolute atomic E-state index is 9.76. The summed E-state index contributed by atoms with van der Waals surface area (Å²) in [7, 11) is 6.67. The number of methoxy groups -OCH3 is 4. The Morgan fingerprint density at radius 3 is 0.791 bits per heavy atom. The van der Waals surface area contributed by atoms with Crippen LogP contribution in [0.2, 0.25) is 0 Å². The summed E-state index contributed by atoms with van der Waals surface area (Å²) in [6, 6.07) is 55.9. The van der Waals surface area contributed by atoms with E-state index in [1.807, 2.05) is 333 Å². The summed E-state index contributed by atoms with van der Waals surface area (Å²) in [6.45, 7) is 59.8. The van der Waals surface area contributed by atoms with Gasteiger partial charge in [0.05, 0.1) is 145 Å². The Labute approximate surface area is 855 Å². The molecular formula is C110H156Ir4N8O12. The normalized spacial score (nSPS) is 13.4. The van der Waals surface area contributed by atoms with Crippen LogP contribution in [0.1, 0.15) is 225 Å². The molecule has 8 N–H and O–H groups in total. The smallest absolute Gasteiger partial charge is 0.119 e. The van der Waals surface area contributed by atoms with Crippen LogP contribution in [0.25, 0.3) is 89.2 Å². The van der Waals surface area contributed by atoms with Crippen molar-refractivity contribution in [3.63, 3.8) is 0 Å². The minimum Gasteiger partial charge on any atom is -0.497 e. The third-order valence-corrected chi connectivity index (χ3v) is 22.8. The molecule has 134 heavy (non-hydrogen) atoms. The van der Waals surface area contributed by atoms with Gasteiger partial charge in [0.15, 0.2) is 0 Å². The van der Waals surface area contributed by atoms with Crippen LogP contribution in [0.3, 0.4) is 0 Å². The standard InChI is InChI=1S/2C17H16N2O.2C16H14N2O.4C11H24O2.4Ir/c1-11-4-7-16(18-12(11)2)17-8-5-13-10-14(20-3)6-9-15(13)19-17;1-11-8-12(2)18-17(9-11)16-6-4-13-10-14(20-3)5-7-15(13)19-16;1-11-7-8-17-16(9-11)15-5-3-12-10-13(19-2)4-6-14(12)18-15;1-11-4-3-9-17-16(11)15-7-5-12-10-13(19-2)6-8-14(12)18-15;4*1-10(2,3)8(12)7-9(13)11(4,5)6;;;;/h2*4-10H,1-3H3;2*3-10H,1-2H3;4*8-9,12-13H,7H2,1-6H3;;;;. The molecule has 0 spiro atoms. The van der Waals surface area contributed by atoms with Gasteiger partial charge in [-0.2, -0.15) is 0 Å². The molecule has 0 amide bonds. The number of rotatable bonds is 16. The van der Waals surface area contributed by atoms with E-state index in [1.54, 1.807) is 34.6 Å². The Kier molecular flexibility index (Phi) is 51.0. The average molecular weight is 2550 g/mol. The van der Waals surface area contributed by atoms with Gasteiger partial charge in [-0.05, 0) is 241 Å². The van der Waals surface area contributed by atoms with E-state index < -0.39 is 48.8 Å². The van der Waals surface area contributed by atoms with Crippen LogP contribution in [-0.2, 0) is 80.4 Å². The number of aryl methyl sites for hydroxylation is 6. The van der Waals surface area contributed by atoms with E-state index >= 15 is 0 Å². The number of aromatic nitrogens is 8. The zero-order valence-electron chi connectivity index (χ0n) is 85.9. The predicted molar refractivity (Wildman–Crippen MR) is 537 cm³/mol. The molecule has 0 bridgehead atoms. The molecule has 8 atom stereocenters. The van der Waals surface area contributed by atoms with Crippen LogP contribution in [0.4, 0.5) is 0 Å². The summed E-state index contributed by atoms with van der Waals surface area (Å²) < 4.78 is 20.9. The van der Waals surface area contributed by atoms with Gasteiger partial charge in [-0.15, -0.1) is 0 Å². The quantitative estimate of drug-likeness (QED) is 0.0446. The van der Waals surface area contributed by atoms with Crippen molar-refractivity contribution in [1.29, 1.82) is 0 Å². The zero-order valence-corrected chi connectivity index (χ0v) is 95.5. The van der Waals surface area contributed by atoms with E-state index in [1.165, 1.54) is 16.7 Å². The number of hydrogen-bond donors (Lipinski definition) is 8. The van der Waals surface area contributed by atoms with Gasteiger partial charge in [-0.3, -0.25) is 19.9 Å². The second-order valence-corrected chi connectivity index (χ2v) is 42.7. The molecule has 12 aromatic rings. The first-order valence-corrected chi connectivity index (χ1v) is 45.1. The predicted octanol–water partition coefficient (Wildman–Crippen LogP) is 23.8. The second kappa shape index (κ2) is 54.8. The van der Waals surface area contributed by atoms with Crippen molar-refractivity contribution in [3.05, 3.63) is 216 Å². The third kappa shape index (κ3) is 41.3. The van der Waals surface area contributed by atoms with E-state index in [-0.39, 0.29) is 124 Å². The number of pyridine rings is 8. The molecular weight excluding hydrogens is 2390 g/mol. The molecule has 12 rings (SSSR count). The topological polar surface area (TPSA) is 302 Å². The summed E-state index contributed by atoms with van der Waals surface area (Å²) in [5.74, 6) is 3.37. The molecule has 4 aromatic carbocycles. The number of benzene rings is 4. The fraction of sp³-hybridized carbons (Fsp3) is 0.491. The first-order valence-electron chi connectivity index (χ1n) is 45.1. The Morgan fingerprint density at radius 1 is 0.246 bits per heavy atom. The maximum Gasteiger partial charge on any atom is 0.119 e. The van der Waals surface area contributed by atoms with Gasteiger partial charge >= 0.3 is 0 Å². The van der Waals surface area contributed by atoms with Gasteiger partial charge in [0, 0.05) is 151 Å². The SMILES string of the molecule is CC(C)(C)C(O)CC(O)C(C)(C)C.CC(C)(C)C(O)CC(O)C(C)(C)C.CC(C)(C)C(O)CC(O)C(C)(C)C.CC(C)(C)C(O)CC(O)C(C)(C)C.COc1ccc2nc(-c3cc(C)cc(C)n3)ccc2c1.COc1ccc2nc(-c3cc(C)ccn3)ccc2c1.COc1ccc2nc(-c3ccc(C)c(C)n3)ccc2c1.COc1ccc2nc(-c3ncccc3C)ccc2c1.[Ir].[Ir].[Ir].[Ir]. The average Bonchev–Trinajstić information content (AvgIpc) is 0.811. The Morgan fingerprint density at radius 2 is 0.515 bits per heavy atom. The molecule has 0 saturated heterocycles. The van der Waals surface area contributed by atoms with E-state index in [2.05, 4.69) is 91.0 Å². The number of nitrogens with zero attached hydrogens (tertiary/aromatic N) is 8. The van der Waals surface area contributed by atoms with Crippen LogP contribution < -0.4 is 18.9 Å². The maximum atomic E-state index is 9.76. The Bertz CT molecular complexity index is 5310. The molecule has 8 unspecified atom stereocenters. The van der Waals surface area contributed by atoms with Gasteiger partial charge in [0.25, 0.3) is 0 Å². The number of aliphatic hydroxyl groups is 8. The molecule has 0 fully saturated rings. The Balaban J connectivity index is 0.000000769. The molecule has 24 heteroatoms. The first-order chi connectivity index (χ1) is 60.0. The first kappa shape index (κ1) is 125. The fourth-order valence-electron chi connectivity index (χ4n) is 12.3. The fourth-order valence-corrected chi connectivity index (χ4v) is 12.3. The van der Waals surface area contributed by atoms with Crippen LogP contribution in [0, 0.1) is 84.9 Å². The number of hydrogen-bond acceptors (Lipinski definition) is 20. The summed E-state index contributed by atoms with van der Waals surface area (Å²) >= 11 is 0. The van der Waals surface area contributed by atoms with E-state index in [9.17, 15) is 40.9 Å². The molecule has 0 aliphatic heterocycles. The van der Waals surface area contributed by atoms with Crippen LogP contribution >= 0.6 is 0 Å². The van der Waals surface area contributed by atoms with Crippen molar-refractivity contribution < 1.29 is 140 Å². The molecule has 4 radical (unpaired) electrons. The second-order valence-electron chi connectivity index (χ2n) is 42.7. The summed E-state index contributed by atoms with van der Waals surface area (Å²) in [5.41, 5.74) is 16.6. The number of aliphatic hydroxyl groups excluding tert-OH is 8. The van der Waals surface area contributed by atoms with Crippen molar-refractivity contribution >= 4 is 43.6 Å². The molecule has 0 saturated carbocycles. The van der Waals surface area contributed by atoms with E-state index in [0.717, 1.165) is 129 Å². The molecule has 0 aliphatic rings. The zero-order chi connectivity index (χ0) is 98.2. The number of ether oxygens (including phenoxy) is 4. The van der Waals surface area contributed by atoms with Gasteiger partial charge in [-0.25, -0.2) is 19.9 Å².